The highest BCUT2D eigenvalue weighted by atomic mass is 19.1. The number of carbonyl (C=O) groups is 1. The zero-order chi connectivity index (χ0) is 18.2. The number of rotatable bonds is 7. The molecular weight excluding hydrogens is 329 g/mol. The summed E-state index contributed by atoms with van der Waals surface area (Å²) in [5.74, 6) is 0.407. The van der Waals surface area contributed by atoms with Gasteiger partial charge in [0.15, 0.2) is 0 Å². The first-order valence-corrected chi connectivity index (χ1v) is 7.54. The molecule has 1 heterocycles. The molecule has 1 aromatic carbocycles. The van der Waals surface area contributed by atoms with Crippen molar-refractivity contribution >= 4 is 17.7 Å². The Kier molecular flexibility index (Phi) is 6.47. The molecule has 0 fully saturated rings. The summed E-state index contributed by atoms with van der Waals surface area (Å²) >= 11 is 0. The molecule has 0 spiro atoms. The number of benzene rings is 1. The van der Waals surface area contributed by atoms with Crippen molar-refractivity contribution in [2.75, 3.05) is 37.5 Å². The zero-order valence-electron chi connectivity index (χ0n) is 13.9. The summed E-state index contributed by atoms with van der Waals surface area (Å²) < 4.78 is 18.2. The second-order valence-electron chi connectivity index (χ2n) is 5.42. The van der Waals surface area contributed by atoms with Crippen LogP contribution in [0.1, 0.15) is 0 Å². The number of carbonyl (C=O) groups excluding carboxylic acids is 1. The number of urea groups is 1. The van der Waals surface area contributed by atoms with E-state index in [1.807, 2.05) is 14.1 Å². The van der Waals surface area contributed by atoms with Gasteiger partial charge in [0.25, 0.3) is 0 Å². The summed E-state index contributed by atoms with van der Waals surface area (Å²) in [6.07, 6.45) is 2.01. The van der Waals surface area contributed by atoms with Crippen LogP contribution in [0, 0.1) is 5.82 Å². The van der Waals surface area contributed by atoms with Gasteiger partial charge >= 0.3 is 6.03 Å². The lowest BCUT2D eigenvalue weighted by Crippen LogP contribution is -2.37. The minimum absolute atomic E-state index is 0.0300. The molecule has 0 bridgehead atoms. The van der Waals surface area contributed by atoms with Gasteiger partial charge in [0.2, 0.25) is 5.95 Å². The van der Waals surface area contributed by atoms with E-state index in [0.717, 1.165) is 0 Å². The summed E-state index contributed by atoms with van der Waals surface area (Å²) in [5, 5.41) is 14.8. The number of hydrogen-bond donors (Lipinski definition) is 3. The number of amides is 2. The second-order valence-corrected chi connectivity index (χ2v) is 5.42. The molecule has 1 atom stereocenters. The molecular formula is C16H20FN5O3. The number of aromatic nitrogens is 2. The van der Waals surface area contributed by atoms with Crippen LogP contribution in [0.25, 0.3) is 0 Å². The molecule has 0 saturated carbocycles. The number of anilines is 2. The molecule has 1 unspecified atom stereocenters. The molecule has 0 aliphatic rings. The van der Waals surface area contributed by atoms with E-state index in [-0.39, 0.29) is 13.2 Å². The van der Waals surface area contributed by atoms with Crippen LogP contribution >= 0.6 is 0 Å². The Morgan fingerprint density at radius 2 is 2.08 bits per heavy atom. The van der Waals surface area contributed by atoms with Crippen LogP contribution in [0.3, 0.4) is 0 Å². The number of nitrogens with zero attached hydrogens (tertiary/aromatic N) is 3. The monoisotopic (exact) mass is 349 g/mol. The molecule has 3 N–H and O–H groups in total. The maximum atomic E-state index is 13.0. The van der Waals surface area contributed by atoms with Gasteiger partial charge in [0.1, 0.15) is 24.3 Å². The highest BCUT2D eigenvalue weighted by Gasteiger charge is 2.09. The van der Waals surface area contributed by atoms with Gasteiger partial charge in [-0.15, -0.1) is 0 Å². The molecule has 2 rings (SSSR count). The lowest BCUT2D eigenvalue weighted by Gasteiger charge is -2.14. The van der Waals surface area contributed by atoms with Crippen LogP contribution in [-0.2, 0) is 0 Å². The average molecular weight is 349 g/mol. The van der Waals surface area contributed by atoms with Crippen molar-refractivity contribution in [1.29, 1.82) is 0 Å². The number of nitrogens with one attached hydrogen (secondary N) is 2. The number of aliphatic hydroxyl groups is 1. The van der Waals surface area contributed by atoms with Gasteiger partial charge in [-0.1, -0.05) is 6.07 Å². The highest BCUT2D eigenvalue weighted by Crippen LogP contribution is 2.12. The minimum Gasteiger partial charge on any atom is -0.491 e. The van der Waals surface area contributed by atoms with Crippen molar-refractivity contribution in [3.63, 3.8) is 0 Å². The van der Waals surface area contributed by atoms with E-state index in [2.05, 4.69) is 20.6 Å². The number of hydrogen-bond acceptors (Lipinski definition) is 6. The smallest absolute Gasteiger partial charge is 0.319 e. The van der Waals surface area contributed by atoms with E-state index < -0.39 is 18.0 Å². The third-order valence-corrected chi connectivity index (χ3v) is 3.03. The quantitative estimate of drug-likeness (QED) is 0.696. The van der Waals surface area contributed by atoms with Gasteiger partial charge in [-0.05, 0) is 12.1 Å². The van der Waals surface area contributed by atoms with Gasteiger partial charge in [-0.25, -0.2) is 19.2 Å². The first-order valence-electron chi connectivity index (χ1n) is 7.54. The first-order chi connectivity index (χ1) is 11.9. The van der Waals surface area contributed by atoms with E-state index in [4.69, 9.17) is 4.74 Å². The topological polar surface area (TPSA) is 99.6 Å². The Balaban J connectivity index is 1.71. The van der Waals surface area contributed by atoms with Crippen LogP contribution in [0.4, 0.5) is 20.8 Å². The van der Waals surface area contributed by atoms with Gasteiger partial charge in [0.05, 0.1) is 18.1 Å². The molecule has 0 aliphatic carbocycles. The molecule has 2 amide bonds. The van der Waals surface area contributed by atoms with Crippen LogP contribution in [0.5, 0.6) is 5.75 Å². The third kappa shape index (κ3) is 6.22. The Morgan fingerprint density at radius 1 is 1.36 bits per heavy atom. The molecule has 0 saturated heterocycles. The van der Waals surface area contributed by atoms with E-state index in [1.54, 1.807) is 11.0 Å². The summed E-state index contributed by atoms with van der Waals surface area (Å²) in [5.41, 5.74) is 0.425. The molecule has 9 heteroatoms. The van der Waals surface area contributed by atoms with Crippen molar-refractivity contribution in [3.05, 3.63) is 42.5 Å². The Morgan fingerprint density at radius 3 is 2.72 bits per heavy atom. The fourth-order valence-electron chi connectivity index (χ4n) is 1.81. The molecule has 25 heavy (non-hydrogen) atoms. The summed E-state index contributed by atoms with van der Waals surface area (Å²) in [4.78, 5) is 21.6. The molecule has 1 aromatic heterocycles. The number of halogens is 1. The van der Waals surface area contributed by atoms with Crippen molar-refractivity contribution in [2.24, 2.45) is 0 Å². The highest BCUT2D eigenvalue weighted by molar-refractivity contribution is 5.88. The fraction of sp³-hybridized carbons (Fsp3) is 0.312. The van der Waals surface area contributed by atoms with Crippen molar-refractivity contribution < 1.29 is 19.0 Å². The average Bonchev–Trinajstić information content (AvgIpc) is 2.58. The van der Waals surface area contributed by atoms with Crippen molar-refractivity contribution in [2.45, 2.75) is 6.10 Å². The third-order valence-electron chi connectivity index (χ3n) is 3.03. The van der Waals surface area contributed by atoms with Crippen molar-refractivity contribution in [3.8, 4) is 5.75 Å². The van der Waals surface area contributed by atoms with Gasteiger partial charge in [0, 0.05) is 26.7 Å². The standard InChI is InChI=1S/C16H20FN5O3/c1-22(2)15-18-7-12(8-19-15)21-16(24)20-9-13(23)10-25-14-5-3-4-11(17)6-14/h3-8,13,23H,9-10H2,1-2H3,(H2,20,21,24). The summed E-state index contributed by atoms with van der Waals surface area (Å²) in [6, 6.07) is 5.08. The fourth-order valence-corrected chi connectivity index (χ4v) is 1.81. The Labute approximate surface area is 144 Å². The molecule has 0 radical (unpaired) electrons. The molecule has 8 nitrogen and oxygen atoms in total. The van der Waals surface area contributed by atoms with Crippen LogP contribution < -0.4 is 20.3 Å². The first kappa shape index (κ1) is 18.4. The van der Waals surface area contributed by atoms with Crippen LogP contribution in [-0.4, -0.2) is 54.5 Å². The minimum atomic E-state index is -0.943. The number of ether oxygens (including phenoxy) is 1. The lowest BCUT2D eigenvalue weighted by atomic mass is 10.3. The van der Waals surface area contributed by atoms with Gasteiger partial charge in [-0.3, -0.25) is 0 Å². The van der Waals surface area contributed by atoms with E-state index in [0.29, 0.717) is 17.4 Å². The maximum Gasteiger partial charge on any atom is 0.319 e. The second kappa shape index (κ2) is 8.78. The molecule has 2 aromatic rings. The largest absolute Gasteiger partial charge is 0.491 e. The summed E-state index contributed by atoms with van der Waals surface area (Å²) in [7, 11) is 3.62. The van der Waals surface area contributed by atoms with Gasteiger partial charge < -0.3 is 25.4 Å². The normalized spacial score (nSPS) is 11.5. The number of aliphatic hydroxyl groups excluding tert-OH is 1. The lowest BCUT2D eigenvalue weighted by molar-refractivity contribution is 0.108. The molecule has 134 valence electrons. The van der Waals surface area contributed by atoms with E-state index >= 15 is 0 Å². The predicted molar refractivity (Wildman–Crippen MR) is 91.3 cm³/mol. The van der Waals surface area contributed by atoms with Crippen LogP contribution in [0.2, 0.25) is 0 Å². The Bertz CT molecular complexity index is 696. The molecule has 0 aliphatic heterocycles. The van der Waals surface area contributed by atoms with E-state index in [1.165, 1.54) is 30.6 Å². The Hall–Kier alpha value is -2.94. The predicted octanol–water partition coefficient (Wildman–Crippen LogP) is 1.24. The van der Waals surface area contributed by atoms with Crippen LogP contribution in [0.15, 0.2) is 36.7 Å². The SMILES string of the molecule is CN(C)c1ncc(NC(=O)NCC(O)COc2cccc(F)c2)cn1. The van der Waals surface area contributed by atoms with Gasteiger partial charge in [-0.2, -0.15) is 0 Å². The van der Waals surface area contributed by atoms with E-state index in [9.17, 15) is 14.3 Å². The van der Waals surface area contributed by atoms with Crippen molar-refractivity contribution in [1.82, 2.24) is 15.3 Å². The maximum absolute atomic E-state index is 13.0. The zero-order valence-corrected chi connectivity index (χ0v) is 13.9. The summed E-state index contributed by atoms with van der Waals surface area (Å²) in [6.45, 7) is -0.109.